The van der Waals surface area contributed by atoms with Gasteiger partial charge in [-0.15, -0.1) is 0 Å². The molecule has 2 atom stereocenters. The molecule has 2 aliphatic heterocycles. The zero-order valence-electron chi connectivity index (χ0n) is 36.2. The summed E-state index contributed by atoms with van der Waals surface area (Å²) >= 11 is 0. The maximum absolute atomic E-state index is 14.5. The third-order valence-electron chi connectivity index (χ3n) is 11.8. The third-order valence-corrected chi connectivity index (χ3v) is 18.5. The molecule has 1 amide bonds. The largest absolute Gasteiger partial charge is 0.534 e. The number of alkyl halides is 3. The number of ether oxygens (including phenoxy) is 2. The Hall–Kier alpha value is -4.09. The first kappa shape index (κ1) is 46.4. The average molecular weight is 881 g/mol. The molecular weight excluding hydrogens is 822 g/mol. The lowest BCUT2D eigenvalue weighted by Crippen LogP contribution is -2.68. The molecule has 2 heterocycles. The molecule has 2 aliphatic rings. The van der Waals surface area contributed by atoms with Crippen LogP contribution in [0.15, 0.2) is 102 Å². The standard InChI is InChI=1S/C46H59F3N4O6SSi/c1-34-18-19-35(27-43(34)59-61(45(2,3)4,41-14-10-8-11-15-41)42-16-12-9-13-17-42)26-38-31-51(20-21-52-24-25-58-39(32-52)33-57-7)22-23-53(38)44(54)36-28-37(46(47,48)49)30-40(29-36)60(55,56)50(5)6/h8-19,27-30,38-39H,20-26,31-33H2,1-7H3/t38-,39+/m1/s1. The fourth-order valence-electron chi connectivity index (χ4n) is 8.50. The number of amides is 1. The van der Waals surface area contributed by atoms with Crippen molar-refractivity contribution in [2.24, 2.45) is 0 Å². The smallest absolute Gasteiger partial charge is 0.416 e. The second-order valence-electron chi connectivity index (χ2n) is 17.3. The predicted molar refractivity (Wildman–Crippen MR) is 235 cm³/mol. The zero-order valence-corrected chi connectivity index (χ0v) is 38.1. The zero-order chi connectivity index (χ0) is 44.2. The van der Waals surface area contributed by atoms with Crippen LogP contribution in [0.1, 0.15) is 47.8 Å². The van der Waals surface area contributed by atoms with Crippen LogP contribution in [0.25, 0.3) is 0 Å². The van der Waals surface area contributed by atoms with Gasteiger partial charge in [0.1, 0.15) is 5.75 Å². The second-order valence-corrected chi connectivity index (χ2v) is 23.7. The molecule has 330 valence electrons. The SMILES string of the molecule is COC[C@@H]1CN(CCN2CCN(C(=O)c3cc(C(F)(F)F)cc(S(=O)(=O)N(C)C)c3)[C@H](Cc3ccc(C)c(O[Si](c4ccccc4)(c4ccccc4)C(C)(C)C)c3)C2)CCO1. The van der Waals surface area contributed by atoms with Gasteiger partial charge in [0.2, 0.25) is 10.0 Å². The first-order valence-corrected chi connectivity index (χ1v) is 24.1. The normalized spacial score (nSPS) is 18.7. The number of rotatable bonds is 14. The average Bonchev–Trinajstić information content (AvgIpc) is 3.23. The number of methoxy groups -OCH3 is 1. The van der Waals surface area contributed by atoms with Crippen LogP contribution in [0, 0.1) is 6.92 Å². The molecule has 0 unspecified atom stereocenters. The van der Waals surface area contributed by atoms with E-state index in [0.29, 0.717) is 45.3 Å². The number of hydrogen-bond acceptors (Lipinski definition) is 8. The summed E-state index contributed by atoms with van der Waals surface area (Å²) in [4.78, 5) is 20.2. The molecule has 6 rings (SSSR count). The summed E-state index contributed by atoms with van der Waals surface area (Å²) in [5.41, 5.74) is 0.324. The monoisotopic (exact) mass is 880 g/mol. The number of benzene rings is 4. The Bertz CT molecular complexity index is 2180. The number of carbonyl (C=O) groups excluding carboxylic acids is 1. The Labute approximate surface area is 360 Å². The summed E-state index contributed by atoms with van der Waals surface area (Å²) in [5, 5.41) is 1.96. The third kappa shape index (κ3) is 10.6. The molecule has 10 nitrogen and oxygen atoms in total. The lowest BCUT2D eigenvalue weighted by molar-refractivity contribution is -0.137. The first-order chi connectivity index (χ1) is 28.8. The van der Waals surface area contributed by atoms with E-state index in [-0.39, 0.29) is 23.3 Å². The van der Waals surface area contributed by atoms with Crippen LogP contribution in [-0.4, -0.2) is 134 Å². The minimum absolute atomic E-state index is 0.0172. The maximum Gasteiger partial charge on any atom is 0.416 e. The molecule has 0 saturated carbocycles. The number of piperazine rings is 1. The Kier molecular flexibility index (Phi) is 14.5. The van der Waals surface area contributed by atoms with Gasteiger partial charge in [-0.05, 0) is 64.1 Å². The molecule has 0 bridgehead atoms. The summed E-state index contributed by atoms with van der Waals surface area (Å²) < 4.78 is 88.6. The van der Waals surface area contributed by atoms with Crippen molar-refractivity contribution in [3.05, 3.63) is 119 Å². The van der Waals surface area contributed by atoms with Crippen molar-refractivity contribution in [2.45, 2.75) is 62.4 Å². The number of hydrogen-bond donors (Lipinski definition) is 0. The van der Waals surface area contributed by atoms with E-state index in [4.69, 9.17) is 13.9 Å². The van der Waals surface area contributed by atoms with Crippen molar-refractivity contribution < 1.29 is 40.3 Å². The Morgan fingerprint density at radius 1 is 0.852 bits per heavy atom. The van der Waals surface area contributed by atoms with Crippen molar-refractivity contribution in [1.29, 1.82) is 0 Å². The van der Waals surface area contributed by atoms with Gasteiger partial charge in [-0.3, -0.25) is 14.6 Å². The van der Waals surface area contributed by atoms with Gasteiger partial charge >= 0.3 is 14.5 Å². The lowest BCUT2D eigenvalue weighted by Gasteiger charge is -2.44. The van der Waals surface area contributed by atoms with E-state index in [9.17, 15) is 26.4 Å². The highest BCUT2D eigenvalue weighted by atomic mass is 32.2. The topological polar surface area (TPSA) is 91.9 Å². The van der Waals surface area contributed by atoms with Crippen LogP contribution in [0.5, 0.6) is 5.75 Å². The number of carbonyl (C=O) groups is 1. The summed E-state index contributed by atoms with van der Waals surface area (Å²) in [6, 6.07) is 28.8. The van der Waals surface area contributed by atoms with Crippen molar-refractivity contribution in [1.82, 2.24) is 19.0 Å². The molecule has 2 saturated heterocycles. The van der Waals surface area contributed by atoms with E-state index in [0.717, 1.165) is 63.3 Å². The van der Waals surface area contributed by atoms with Gasteiger partial charge in [0.05, 0.1) is 29.8 Å². The molecule has 0 spiro atoms. The maximum atomic E-state index is 14.5. The molecule has 4 aromatic carbocycles. The molecule has 61 heavy (non-hydrogen) atoms. The molecule has 0 aliphatic carbocycles. The summed E-state index contributed by atoms with van der Waals surface area (Å²) in [5.74, 6) is 0.0733. The first-order valence-electron chi connectivity index (χ1n) is 20.7. The molecule has 0 aromatic heterocycles. The fourth-order valence-corrected chi connectivity index (χ4v) is 14.0. The fraction of sp³-hybridized carbons (Fsp3) is 0.457. The molecule has 4 aromatic rings. The van der Waals surface area contributed by atoms with Gasteiger partial charge in [0.15, 0.2) is 0 Å². The van der Waals surface area contributed by atoms with E-state index < -0.39 is 46.9 Å². The minimum atomic E-state index is -4.88. The molecule has 0 N–H and O–H groups in total. The van der Waals surface area contributed by atoms with E-state index in [2.05, 4.69) is 54.8 Å². The highest BCUT2D eigenvalue weighted by molar-refractivity contribution is 7.89. The van der Waals surface area contributed by atoms with E-state index in [1.54, 1.807) is 12.0 Å². The Morgan fingerprint density at radius 3 is 2.05 bits per heavy atom. The lowest BCUT2D eigenvalue weighted by atomic mass is 9.99. The van der Waals surface area contributed by atoms with Gasteiger partial charge in [0.25, 0.3) is 5.91 Å². The van der Waals surface area contributed by atoms with Gasteiger partial charge in [0, 0.05) is 78.6 Å². The van der Waals surface area contributed by atoms with Crippen molar-refractivity contribution in [3.63, 3.8) is 0 Å². The Morgan fingerprint density at radius 2 is 1.48 bits per heavy atom. The molecule has 15 heteroatoms. The predicted octanol–water partition coefficient (Wildman–Crippen LogP) is 5.92. The number of morpholine rings is 1. The summed E-state index contributed by atoms with van der Waals surface area (Å²) in [7, 11) is -3.16. The highest BCUT2D eigenvalue weighted by Gasteiger charge is 2.52. The number of halogens is 3. The van der Waals surface area contributed by atoms with Gasteiger partial charge < -0.3 is 18.8 Å². The van der Waals surface area contributed by atoms with Crippen LogP contribution in [0.2, 0.25) is 5.04 Å². The summed E-state index contributed by atoms with van der Waals surface area (Å²) in [6.45, 7) is 14.0. The number of sulfonamides is 1. The van der Waals surface area contributed by atoms with Gasteiger partial charge in [-0.2, -0.15) is 13.2 Å². The van der Waals surface area contributed by atoms with Gasteiger partial charge in [-0.25, -0.2) is 12.7 Å². The van der Waals surface area contributed by atoms with Crippen LogP contribution in [0.3, 0.4) is 0 Å². The van der Waals surface area contributed by atoms with Crippen LogP contribution in [-0.2, 0) is 32.1 Å². The Balaban J connectivity index is 1.36. The molecular formula is C46H59F3N4O6SSi. The second kappa shape index (κ2) is 19.1. The summed E-state index contributed by atoms with van der Waals surface area (Å²) in [6.07, 6.45) is -4.51. The van der Waals surface area contributed by atoms with Crippen molar-refractivity contribution in [2.75, 3.05) is 80.2 Å². The number of nitrogens with zero attached hydrogens (tertiary/aromatic N) is 4. The van der Waals surface area contributed by atoms with Crippen LogP contribution >= 0.6 is 0 Å². The van der Waals surface area contributed by atoms with Crippen molar-refractivity contribution >= 4 is 34.6 Å². The minimum Gasteiger partial charge on any atom is -0.534 e. The van der Waals surface area contributed by atoms with Crippen LogP contribution in [0.4, 0.5) is 13.2 Å². The molecule has 0 radical (unpaired) electrons. The van der Waals surface area contributed by atoms with Crippen molar-refractivity contribution in [3.8, 4) is 5.75 Å². The van der Waals surface area contributed by atoms with Crippen LogP contribution < -0.4 is 14.8 Å². The van der Waals surface area contributed by atoms with E-state index in [1.165, 1.54) is 14.1 Å². The highest BCUT2D eigenvalue weighted by Crippen LogP contribution is 2.39. The van der Waals surface area contributed by atoms with Gasteiger partial charge in [-0.1, -0.05) is 93.6 Å². The van der Waals surface area contributed by atoms with E-state index in [1.807, 2.05) is 61.5 Å². The van der Waals surface area contributed by atoms with E-state index >= 15 is 0 Å². The quantitative estimate of drug-likeness (QED) is 0.144. The molecule has 2 fully saturated rings. The number of aryl methyl sites for hydroxylation is 1.